The van der Waals surface area contributed by atoms with Crippen molar-refractivity contribution in [3.8, 4) is 0 Å². The lowest BCUT2D eigenvalue weighted by Gasteiger charge is -2.33. The third-order valence-electron chi connectivity index (χ3n) is 2.30. The molecule has 0 bridgehead atoms. The number of nitrogens with zero attached hydrogens (tertiary/aromatic N) is 1. The Bertz CT molecular complexity index is 262. The number of allylic oxidation sites excluding steroid dienone is 1. The first-order valence-corrected chi connectivity index (χ1v) is 4.00. The van der Waals surface area contributed by atoms with Gasteiger partial charge in [0.1, 0.15) is 5.76 Å². The first kappa shape index (κ1) is 10.2. The summed E-state index contributed by atoms with van der Waals surface area (Å²) in [6, 6.07) is 0. The Morgan fingerprint density at radius 1 is 1.62 bits per heavy atom. The first-order chi connectivity index (χ1) is 6.05. The molecule has 5 nitrogen and oxygen atoms in total. The fourth-order valence-electron chi connectivity index (χ4n) is 1.29. The maximum atomic E-state index is 9.52. The van der Waals surface area contributed by atoms with Crippen molar-refractivity contribution in [2.45, 2.75) is 12.5 Å². The zero-order valence-electron chi connectivity index (χ0n) is 7.44. The van der Waals surface area contributed by atoms with E-state index in [4.69, 9.17) is 15.9 Å². The summed E-state index contributed by atoms with van der Waals surface area (Å²) in [5.74, 6) is -0.725. The van der Waals surface area contributed by atoms with E-state index in [0.717, 1.165) is 0 Å². The topological polar surface area (TPSA) is 99.1 Å². The normalized spacial score (nSPS) is 34.0. The highest BCUT2D eigenvalue weighted by Crippen LogP contribution is 2.26. The van der Waals surface area contributed by atoms with Crippen molar-refractivity contribution in [3.63, 3.8) is 0 Å². The van der Waals surface area contributed by atoms with Crippen LogP contribution in [0.15, 0.2) is 16.4 Å². The second kappa shape index (κ2) is 3.45. The van der Waals surface area contributed by atoms with E-state index < -0.39 is 11.5 Å². The Morgan fingerprint density at radius 2 is 2.23 bits per heavy atom. The molecular weight excluding hydrogens is 172 g/mol. The molecule has 0 aromatic rings. The van der Waals surface area contributed by atoms with Crippen molar-refractivity contribution in [2.24, 2.45) is 16.6 Å². The zero-order valence-corrected chi connectivity index (χ0v) is 7.44. The predicted octanol–water partition coefficient (Wildman–Crippen LogP) is -0.841. The summed E-state index contributed by atoms with van der Waals surface area (Å²) in [6.07, 6.45) is 1.36. The monoisotopic (exact) mass is 186 g/mol. The number of hydrogen-bond donors (Lipinski definition) is 4. The van der Waals surface area contributed by atoms with Crippen LogP contribution in [-0.2, 0) is 0 Å². The summed E-state index contributed by atoms with van der Waals surface area (Å²) >= 11 is 0. The molecule has 0 saturated heterocycles. The molecule has 0 spiro atoms. The fraction of sp³-hybridized carbons (Fsp3) is 0.625. The van der Waals surface area contributed by atoms with Crippen LogP contribution >= 0.6 is 0 Å². The fourth-order valence-corrected chi connectivity index (χ4v) is 1.29. The summed E-state index contributed by atoms with van der Waals surface area (Å²) in [5, 5.41) is 27.5. The van der Waals surface area contributed by atoms with Gasteiger partial charge in [-0.25, -0.2) is 0 Å². The van der Waals surface area contributed by atoms with Crippen LogP contribution in [0, 0.1) is 5.92 Å². The predicted molar refractivity (Wildman–Crippen MR) is 48.4 cm³/mol. The Morgan fingerprint density at radius 3 is 2.69 bits per heavy atom. The summed E-state index contributed by atoms with van der Waals surface area (Å²) in [7, 11) is 0. The van der Waals surface area contributed by atoms with E-state index in [2.05, 4.69) is 4.99 Å². The van der Waals surface area contributed by atoms with E-state index in [0.29, 0.717) is 5.70 Å². The van der Waals surface area contributed by atoms with Gasteiger partial charge in [-0.2, -0.15) is 0 Å². The minimum atomic E-state index is -1.15. The maximum Gasteiger partial charge on any atom is 0.121 e. The Hall–Kier alpha value is -0.910. The van der Waals surface area contributed by atoms with Crippen molar-refractivity contribution in [1.29, 1.82) is 0 Å². The van der Waals surface area contributed by atoms with E-state index in [1.54, 1.807) is 6.92 Å². The number of rotatable bonds is 2. The molecule has 2 unspecified atom stereocenters. The summed E-state index contributed by atoms with van der Waals surface area (Å²) in [4.78, 5) is 3.84. The Kier molecular flexibility index (Phi) is 2.70. The molecule has 2 atom stereocenters. The average Bonchev–Trinajstić information content (AvgIpc) is 2.13. The van der Waals surface area contributed by atoms with Gasteiger partial charge in [-0.05, 0) is 6.92 Å². The van der Waals surface area contributed by atoms with Gasteiger partial charge >= 0.3 is 0 Å². The average molecular weight is 186 g/mol. The minimum absolute atomic E-state index is 0.0541. The van der Waals surface area contributed by atoms with Gasteiger partial charge in [-0.3, -0.25) is 4.99 Å². The first-order valence-electron chi connectivity index (χ1n) is 4.00. The van der Waals surface area contributed by atoms with E-state index in [1.165, 1.54) is 6.21 Å². The number of hydrogen-bond acceptors (Lipinski definition) is 5. The highest BCUT2D eigenvalue weighted by atomic mass is 16.3. The molecule has 1 rings (SSSR count). The molecule has 0 amide bonds. The lowest BCUT2D eigenvalue weighted by atomic mass is 9.83. The lowest BCUT2D eigenvalue weighted by molar-refractivity contribution is 0.121. The summed E-state index contributed by atoms with van der Waals surface area (Å²) in [6.45, 7) is 0.941. The largest absolute Gasteiger partial charge is 0.510 e. The van der Waals surface area contributed by atoms with Crippen molar-refractivity contribution >= 4 is 6.21 Å². The van der Waals surface area contributed by atoms with Crippen LogP contribution in [0.4, 0.5) is 0 Å². The molecule has 5 N–H and O–H groups in total. The smallest absolute Gasteiger partial charge is 0.121 e. The zero-order chi connectivity index (χ0) is 10.1. The van der Waals surface area contributed by atoms with Crippen LogP contribution in [0.25, 0.3) is 0 Å². The molecule has 0 aromatic carbocycles. The van der Waals surface area contributed by atoms with Gasteiger partial charge in [0, 0.05) is 6.21 Å². The van der Waals surface area contributed by atoms with Gasteiger partial charge in [-0.15, -0.1) is 0 Å². The molecule has 5 heteroatoms. The van der Waals surface area contributed by atoms with Gasteiger partial charge in [0.2, 0.25) is 0 Å². The second-order valence-corrected chi connectivity index (χ2v) is 3.23. The van der Waals surface area contributed by atoms with E-state index in [-0.39, 0.29) is 19.0 Å². The van der Waals surface area contributed by atoms with E-state index in [1.807, 2.05) is 0 Å². The molecular formula is C8H14N2O3. The Labute approximate surface area is 76.2 Å². The van der Waals surface area contributed by atoms with Crippen molar-refractivity contribution in [1.82, 2.24) is 0 Å². The van der Waals surface area contributed by atoms with Gasteiger partial charge in [-0.1, -0.05) is 0 Å². The molecule has 0 fully saturated rings. The van der Waals surface area contributed by atoms with Crippen molar-refractivity contribution in [2.75, 3.05) is 13.2 Å². The standard InChI is InChI=1S/C8H14N2O3/c1-5-7(13)6(2-11)8(9,4-12)3-10-5/h3,6,11-13H,2,4,9H2,1H3. The molecule has 0 saturated carbocycles. The number of aliphatic hydroxyl groups is 3. The van der Waals surface area contributed by atoms with Gasteiger partial charge in [0.25, 0.3) is 0 Å². The third-order valence-corrected chi connectivity index (χ3v) is 2.30. The number of nitrogens with two attached hydrogens (primary N) is 1. The molecule has 1 aliphatic rings. The summed E-state index contributed by atoms with van der Waals surface area (Å²) in [5.41, 5.74) is 4.98. The van der Waals surface area contributed by atoms with Crippen LogP contribution in [0.1, 0.15) is 6.92 Å². The van der Waals surface area contributed by atoms with Gasteiger partial charge in [0.05, 0.1) is 30.4 Å². The molecule has 13 heavy (non-hydrogen) atoms. The molecule has 74 valence electrons. The Balaban J connectivity index is 3.03. The van der Waals surface area contributed by atoms with Crippen LogP contribution in [-0.4, -0.2) is 40.3 Å². The lowest BCUT2D eigenvalue weighted by Crippen LogP contribution is -2.55. The number of aliphatic imine (C=N–C) groups is 1. The molecule has 1 heterocycles. The van der Waals surface area contributed by atoms with Crippen molar-refractivity contribution < 1.29 is 15.3 Å². The molecule has 0 aromatic heterocycles. The second-order valence-electron chi connectivity index (χ2n) is 3.23. The highest BCUT2D eigenvalue weighted by Gasteiger charge is 2.38. The molecule has 0 aliphatic carbocycles. The highest BCUT2D eigenvalue weighted by molar-refractivity contribution is 5.74. The van der Waals surface area contributed by atoms with Crippen LogP contribution in [0.2, 0.25) is 0 Å². The quantitative estimate of drug-likeness (QED) is 0.452. The maximum absolute atomic E-state index is 9.52. The van der Waals surface area contributed by atoms with Crippen LogP contribution < -0.4 is 5.73 Å². The van der Waals surface area contributed by atoms with Gasteiger partial charge in [0.15, 0.2) is 0 Å². The molecule has 0 radical (unpaired) electrons. The SMILES string of the molecule is CC1=C(O)C(CO)C(N)(CO)C=N1. The van der Waals surface area contributed by atoms with Crippen LogP contribution in [0.3, 0.4) is 0 Å². The van der Waals surface area contributed by atoms with Crippen molar-refractivity contribution in [3.05, 3.63) is 11.5 Å². The van der Waals surface area contributed by atoms with Gasteiger partial charge < -0.3 is 21.1 Å². The molecule has 1 aliphatic heterocycles. The van der Waals surface area contributed by atoms with E-state index >= 15 is 0 Å². The minimum Gasteiger partial charge on any atom is -0.510 e. The number of aliphatic hydroxyl groups excluding tert-OH is 3. The third kappa shape index (κ3) is 1.58. The van der Waals surface area contributed by atoms with Crippen LogP contribution in [0.5, 0.6) is 0 Å². The van der Waals surface area contributed by atoms with E-state index in [9.17, 15) is 5.11 Å². The summed E-state index contributed by atoms with van der Waals surface area (Å²) < 4.78 is 0.